The van der Waals surface area contributed by atoms with Crippen LogP contribution in [0.25, 0.3) is 11.7 Å². The number of carbonyl (C=O) groups excluding carboxylic acids is 2. The van der Waals surface area contributed by atoms with Crippen LogP contribution in [0.15, 0.2) is 28.0 Å². The Morgan fingerprint density at radius 2 is 2.03 bits per heavy atom. The van der Waals surface area contributed by atoms with Crippen LogP contribution in [0.4, 0.5) is 5.82 Å². The number of nitrogens with zero attached hydrogens (tertiary/aromatic N) is 4. The van der Waals surface area contributed by atoms with E-state index in [2.05, 4.69) is 13.8 Å². The molecule has 2 fully saturated rings. The summed E-state index contributed by atoms with van der Waals surface area (Å²) in [5, 5.41) is 0. The summed E-state index contributed by atoms with van der Waals surface area (Å²) in [6.07, 6.45) is 8.84. The molecule has 2 saturated heterocycles. The zero-order chi connectivity index (χ0) is 26.7. The van der Waals surface area contributed by atoms with Gasteiger partial charge in [-0.05, 0) is 49.8 Å². The third-order valence-electron chi connectivity index (χ3n) is 7.39. The van der Waals surface area contributed by atoms with Gasteiger partial charge in [0.2, 0.25) is 5.91 Å². The minimum absolute atomic E-state index is 0.155. The number of thioether (sulfide) groups is 1. The molecule has 2 aromatic heterocycles. The highest BCUT2D eigenvalue weighted by Crippen LogP contribution is 2.35. The van der Waals surface area contributed by atoms with Crippen LogP contribution in [0, 0.1) is 18.8 Å². The molecule has 2 aliphatic heterocycles. The maximum absolute atomic E-state index is 13.7. The van der Waals surface area contributed by atoms with E-state index >= 15 is 0 Å². The predicted octanol–water partition coefficient (Wildman–Crippen LogP) is 4.12. The zero-order valence-corrected chi connectivity index (χ0v) is 23.4. The number of anilines is 1. The van der Waals surface area contributed by atoms with Crippen molar-refractivity contribution in [1.82, 2.24) is 14.3 Å². The first-order valence-corrected chi connectivity index (χ1v) is 14.3. The molecule has 0 radical (unpaired) electrons. The molecular weight excluding hydrogens is 506 g/mol. The molecule has 2 aromatic rings. The quantitative estimate of drug-likeness (QED) is 0.376. The normalized spacial score (nSPS) is 18.8. The summed E-state index contributed by atoms with van der Waals surface area (Å²) in [5.41, 5.74) is 7.11. The number of aromatic nitrogens is 2. The van der Waals surface area contributed by atoms with Crippen LogP contribution >= 0.6 is 24.0 Å². The summed E-state index contributed by atoms with van der Waals surface area (Å²) in [7, 11) is 0. The molecule has 198 valence electrons. The first-order chi connectivity index (χ1) is 17.7. The van der Waals surface area contributed by atoms with E-state index in [1.807, 2.05) is 24.0 Å². The van der Waals surface area contributed by atoms with Gasteiger partial charge in [0.25, 0.3) is 11.5 Å². The van der Waals surface area contributed by atoms with Crippen molar-refractivity contribution in [3.8, 4) is 0 Å². The van der Waals surface area contributed by atoms with Crippen molar-refractivity contribution < 1.29 is 9.59 Å². The van der Waals surface area contributed by atoms with Crippen LogP contribution in [0.1, 0.15) is 63.5 Å². The first kappa shape index (κ1) is 27.3. The van der Waals surface area contributed by atoms with Crippen molar-refractivity contribution in [3.63, 3.8) is 0 Å². The SMILES string of the molecule is CCCCC(CC)CN1C(=O)/C(=C\c2c(N3CCC(C(N)=O)CC3)nc3c(C)cccn3c2=O)SC1=S. The molecule has 4 heterocycles. The van der Waals surface area contributed by atoms with Gasteiger partial charge in [-0.3, -0.25) is 23.7 Å². The average Bonchev–Trinajstić information content (AvgIpc) is 3.15. The molecule has 8 nitrogen and oxygen atoms in total. The number of thiocarbonyl (C=S) groups is 1. The number of piperidine rings is 1. The maximum Gasteiger partial charge on any atom is 0.267 e. The summed E-state index contributed by atoms with van der Waals surface area (Å²) in [5.74, 6) is 0.285. The molecule has 0 spiro atoms. The number of nitrogens with two attached hydrogens (primary N) is 1. The Morgan fingerprint density at radius 3 is 2.68 bits per heavy atom. The molecule has 1 unspecified atom stereocenters. The number of amides is 2. The molecule has 0 saturated carbocycles. The summed E-state index contributed by atoms with van der Waals surface area (Å²) in [6, 6.07) is 3.73. The number of aryl methyl sites for hydroxylation is 1. The molecule has 0 aliphatic carbocycles. The van der Waals surface area contributed by atoms with E-state index in [1.54, 1.807) is 17.2 Å². The number of fused-ring (bicyclic) bond motifs is 1. The first-order valence-electron chi connectivity index (χ1n) is 13.1. The van der Waals surface area contributed by atoms with E-state index in [-0.39, 0.29) is 23.3 Å². The molecule has 37 heavy (non-hydrogen) atoms. The van der Waals surface area contributed by atoms with Crippen LogP contribution in [0.2, 0.25) is 0 Å². The van der Waals surface area contributed by atoms with E-state index in [4.69, 9.17) is 22.9 Å². The number of pyridine rings is 1. The fourth-order valence-corrected chi connectivity index (χ4v) is 6.26. The molecule has 0 bridgehead atoms. The van der Waals surface area contributed by atoms with Crippen molar-refractivity contribution >= 4 is 57.7 Å². The second kappa shape index (κ2) is 11.8. The van der Waals surface area contributed by atoms with Gasteiger partial charge in [-0.15, -0.1) is 0 Å². The van der Waals surface area contributed by atoms with Crippen LogP contribution in [0.5, 0.6) is 0 Å². The maximum atomic E-state index is 13.7. The van der Waals surface area contributed by atoms with Gasteiger partial charge in [-0.2, -0.15) is 0 Å². The lowest BCUT2D eigenvalue weighted by Crippen LogP contribution is -2.40. The lowest BCUT2D eigenvalue weighted by molar-refractivity contribution is -0.123. The third kappa shape index (κ3) is 5.75. The highest BCUT2D eigenvalue weighted by molar-refractivity contribution is 8.26. The monoisotopic (exact) mass is 541 g/mol. The van der Waals surface area contributed by atoms with Crippen LogP contribution in [-0.4, -0.2) is 50.1 Å². The summed E-state index contributed by atoms with van der Waals surface area (Å²) in [6.45, 7) is 7.93. The zero-order valence-electron chi connectivity index (χ0n) is 21.7. The van der Waals surface area contributed by atoms with E-state index in [0.717, 1.165) is 31.2 Å². The molecule has 1 atom stereocenters. The van der Waals surface area contributed by atoms with Crippen LogP contribution in [-0.2, 0) is 9.59 Å². The summed E-state index contributed by atoms with van der Waals surface area (Å²) < 4.78 is 2.05. The molecule has 2 N–H and O–H groups in total. The number of hydrogen-bond donors (Lipinski definition) is 1. The number of carbonyl (C=O) groups is 2. The molecular formula is C27H35N5O3S2. The number of hydrogen-bond acceptors (Lipinski definition) is 7. The van der Waals surface area contributed by atoms with E-state index < -0.39 is 0 Å². The molecule has 2 aliphatic rings. The van der Waals surface area contributed by atoms with Crippen molar-refractivity contribution in [2.45, 2.75) is 59.3 Å². The van der Waals surface area contributed by atoms with Gasteiger partial charge in [0.15, 0.2) is 0 Å². The Morgan fingerprint density at radius 1 is 1.30 bits per heavy atom. The Bertz CT molecular complexity index is 1300. The van der Waals surface area contributed by atoms with Gasteiger partial charge in [0, 0.05) is 31.7 Å². The minimum atomic E-state index is -0.296. The second-order valence-electron chi connectivity index (χ2n) is 9.91. The fraction of sp³-hybridized carbons (Fsp3) is 0.519. The molecule has 10 heteroatoms. The number of primary amides is 1. The van der Waals surface area contributed by atoms with Crippen molar-refractivity contribution in [1.29, 1.82) is 0 Å². The highest BCUT2D eigenvalue weighted by atomic mass is 32.2. The topological polar surface area (TPSA) is 101 Å². The van der Waals surface area contributed by atoms with Gasteiger partial charge in [0.1, 0.15) is 15.8 Å². The predicted molar refractivity (Wildman–Crippen MR) is 154 cm³/mol. The fourth-order valence-electron chi connectivity index (χ4n) is 5.01. The third-order valence-corrected chi connectivity index (χ3v) is 8.77. The van der Waals surface area contributed by atoms with E-state index in [0.29, 0.717) is 64.6 Å². The molecule has 4 rings (SSSR count). The van der Waals surface area contributed by atoms with Crippen LogP contribution in [0.3, 0.4) is 0 Å². The molecule has 0 aromatic carbocycles. The van der Waals surface area contributed by atoms with Crippen molar-refractivity contribution in [2.75, 3.05) is 24.5 Å². The van der Waals surface area contributed by atoms with Gasteiger partial charge in [0.05, 0.1) is 10.5 Å². The van der Waals surface area contributed by atoms with E-state index in [9.17, 15) is 14.4 Å². The standard InChI is InChI=1S/C27H35N5O3S2/c1-4-6-9-18(5-2)16-32-26(35)21(37-27(32)36)15-20-24(30-13-10-19(11-14-30)22(28)33)29-23-17(3)8-7-12-31(23)25(20)34/h7-8,12,15,18-19H,4-6,9-11,13-14,16H2,1-3H3,(H2,28,33)/b21-15+. The number of unbranched alkanes of at least 4 members (excludes halogenated alkanes) is 1. The Kier molecular flexibility index (Phi) is 8.69. The Hall–Kier alpha value is -2.72. The lowest BCUT2D eigenvalue weighted by atomic mass is 9.96. The largest absolute Gasteiger partial charge is 0.369 e. The average molecular weight is 542 g/mol. The Balaban J connectivity index is 1.72. The van der Waals surface area contributed by atoms with E-state index in [1.165, 1.54) is 16.2 Å². The summed E-state index contributed by atoms with van der Waals surface area (Å²) >= 11 is 6.83. The molecule has 2 amide bonds. The lowest BCUT2D eigenvalue weighted by Gasteiger charge is -2.32. The van der Waals surface area contributed by atoms with Crippen molar-refractivity contribution in [3.05, 3.63) is 44.7 Å². The highest BCUT2D eigenvalue weighted by Gasteiger charge is 2.34. The van der Waals surface area contributed by atoms with Crippen molar-refractivity contribution in [2.24, 2.45) is 17.6 Å². The number of rotatable bonds is 9. The van der Waals surface area contributed by atoms with Gasteiger partial charge in [-0.1, -0.05) is 63.2 Å². The van der Waals surface area contributed by atoms with Gasteiger partial charge >= 0.3 is 0 Å². The van der Waals surface area contributed by atoms with Gasteiger partial charge < -0.3 is 10.6 Å². The van der Waals surface area contributed by atoms with Crippen LogP contribution < -0.4 is 16.2 Å². The Labute approximate surface area is 227 Å². The smallest absolute Gasteiger partial charge is 0.267 e. The second-order valence-corrected chi connectivity index (χ2v) is 11.6. The summed E-state index contributed by atoms with van der Waals surface area (Å²) in [4.78, 5) is 47.9. The minimum Gasteiger partial charge on any atom is -0.369 e. The van der Waals surface area contributed by atoms with Gasteiger partial charge in [-0.25, -0.2) is 4.98 Å².